The molecule has 2 aromatic carbocycles. The second-order valence-corrected chi connectivity index (χ2v) is 37.4. The number of phosphoric acid groups is 1. The lowest BCUT2D eigenvalue weighted by molar-refractivity contribution is -0.270. The lowest BCUT2D eigenvalue weighted by atomic mass is 9.96. The van der Waals surface area contributed by atoms with E-state index in [1.54, 1.807) is 60.7 Å². The molecule has 0 aliphatic carbocycles. The Kier molecular flexibility index (Phi) is 73.0. The van der Waals surface area contributed by atoms with Gasteiger partial charge in [0.05, 0.1) is 32.5 Å². The summed E-state index contributed by atoms with van der Waals surface area (Å²) >= 11 is 0. The van der Waals surface area contributed by atoms with Crippen LogP contribution in [-0.2, 0) is 66.3 Å². The molecule has 0 bridgehead atoms. The molecular weight excluding hydrogens is 1580 g/mol. The van der Waals surface area contributed by atoms with Crippen LogP contribution in [0.3, 0.4) is 0 Å². The molecule has 124 heavy (non-hydrogen) atoms. The van der Waals surface area contributed by atoms with E-state index in [2.05, 4.69) is 52.2 Å². The fraction of sp³-hybridized carbons (Fsp3) is 0.827. The second kappa shape index (κ2) is 80.0. The van der Waals surface area contributed by atoms with Gasteiger partial charge in [-0.05, 0) is 82.1 Å². The summed E-state index contributed by atoms with van der Waals surface area (Å²) in [5, 5.41) is 17.7. The number of hydrogen-bond acceptors (Lipinski definition) is 17. The highest BCUT2D eigenvalue weighted by molar-refractivity contribution is 7.49. The number of esters is 4. The van der Waals surface area contributed by atoms with Gasteiger partial charge in [-0.1, -0.05) is 425 Å². The van der Waals surface area contributed by atoms with Crippen molar-refractivity contribution in [1.82, 2.24) is 10.6 Å². The molecule has 0 unspecified atom stereocenters. The van der Waals surface area contributed by atoms with Crippen molar-refractivity contribution in [2.45, 2.75) is 534 Å². The molecule has 3 rings (SSSR count). The minimum absolute atomic E-state index is 0.0711. The third-order valence-electron chi connectivity index (χ3n) is 24.3. The number of aliphatic hydroxyl groups excluding tert-OH is 1. The predicted octanol–water partition coefficient (Wildman–Crippen LogP) is 28.7. The minimum Gasteiger partial charge on any atom is -0.462 e. The molecule has 716 valence electrons. The Morgan fingerprint density at radius 1 is 0.355 bits per heavy atom. The van der Waals surface area contributed by atoms with Gasteiger partial charge in [-0.2, -0.15) is 0 Å². The predicted molar refractivity (Wildman–Crippen MR) is 505 cm³/mol. The number of amides is 2. The van der Waals surface area contributed by atoms with Gasteiger partial charge in [0.15, 0.2) is 12.4 Å². The number of carbonyl (C=O) groups is 6. The van der Waals surface area contributed by atoms with Crippen LogP contribution >= 0.6 is 7.82 Å². The highest BCUT2D eigenvalue weighted by atomic mass is 31.2. The third kappa shape index (κ3) is 62.2. The number of rotatable bonds is 88. The van der Waals surface area contributed by atoms with E-state index in [1.807, 2.05) is 0 Å². The Labute approximate surface area is 755 Å². The Bertz CT molecular complexity index is 2850. The van der Waals surface area contributed by atoms with Crippen molar-refractivity contribution in [3.63, 3.8) is 0 Å². The molecule has 19 nitrogen and oxygen atoms in total. The van der Waals surface area contributed by atoms with E-state index >= 15 is 14.2 Å². The fourth-order valence-electron chi connectivity index (χ4n) is 16.7. The van der Waals surface area contributed by atoms with Crippen LogP contribution < -0.4 is 19.7 Å². The average Bonchev–Trinajstić information content (AvgIpc) is 0.772. The maximum Gasteiger partial charge on any atom is 0.588 e. The van der Waals surface area contributed by atoms with Crippen molar-refractivity contribution in [3.8, 4) is 11.5 Å². The highest BCUT2D eigenvalue weighted by Crippen LogP contribution is 2.53. The lowest BCUT2D eigenvalue weighted by Crippen LogP contribution is -2.66. The number of carbonyl (C=O) groups excluding carboxylic acids is 6. The van der Waals surface area contributed by atoms with Gasteiger partial charge in [-0.3, -0.25) is 33.3 Å². The summed E-state index contributed by atoms with van der Waals surface area (Å²) in [5.74, 6) is -2.77. The van der Waals surface area contributed by atoms with Crippen LogP contribution in [0.25, 0.3) is 0 Å². The SMILES string of the molecule is CCCCCCCCCCCCCC(=O)O[C@H](CCCCCCCCCCC)CC(=O)NCCO[C@@H]1O[C@H](CO)[C@@H](OP(=O)(Oc2ccccc2)Oc2ccccc2)[C@H](OC(=O)C[C@@H](CCCCCCCCCCC)OC(=O)CCCCCCCCCCCCC)[C@H]1NC(=O)C[C@@H](CCCCCCCCCCC)OC(=O)CCCCCCCCCCCCC. The summed E-state index contributed by atoms with van der Waals surface area (Å²) in [4.78, 5) is 86.7. The Morgan fingerprint density at radius 2 is 0.637 bits per heavy atom. The van der Waals surface area contributed by atoms with E-state index in [9.17, 15) is 24.3 Å². The molecule has 1 heterocycles. The topological polar surface area (TPSA) is 247 Å². The standard InChI is InChI=1S/C104H183N2O17P/c1-7-13-19-25-31-37-40-46-52-58-70-80-97(110)116-91(77-63-55-49-43-34-28-22-16-10-4)85-95(108)105-83-84-115-104-101(106-96(109)86-92(78-64-56-50-44-35-29-23-17-11-5)117-98(111)81-71-59-53-47-41-38-32-26-20-14-8-2)103(102(94(88-107)119-104)123-124(114,121-89-73-66-61-67-74-89)122-90-75-68-62-69-76-90)120-100(113)87-93(79-65-57-51-45-36-30-24-18-12-6)118-99(112)82-72-60-54-48-42-39-33-27-21-15-9-3/h61-62,66-69,73-76,91-94,101-104,107H,7-60,63-65,70-72,77-88H2,1-6H3,(H,105,108)(H,106,109)/t91-,92-,93-,94-,101-,102-,103-,104-/m1/s1. The lowest BCUT2D eigenvalue weighted by Gasteiger charge is -2.45. The van der Waals surface area contributed by atoms with Gasteiger partial charge in [0.25, 0.3) is 0 Å². The van der Waals surface area contributed by atoms with Crippen molar-refractivity contribution in [2.75, 3.05) is 19.8 Å². The Balaban J connectivity index is 2.13. The number of benzene rings is 2. The molecule has 1 aliphatic heterocycles. The summed E-state index contributed by atoms with van der Waals surface area (Å²) < 4.78 is 73.7. The smallest absolute Gasteiger partial charge is 0.462 e. The van der Waals surface area contributed by atoms with E-state index < -0.39 is 93.6 Å². The van der Waals surface area contributed by atoms with E-state index in [1.165, 1.54) is 218 Å². The first-order valence-electron chi connectivity index (χ1n) is 51.7. The molecule has 0 aromatic heterocycles. The Morgan fingerprint density at radius 3 is 0.944 bits per heavy atom. The molecule has 0 saturated carbocycles. The fourth-order valence-corrected chi connectivity index (χ4v) is 18.2. The van der Waals surface area contributed by atoms with E-state index in [0.29, 0.717) is 44.9 Å². The molecule has 0 radical (unpaired) electrons. The van der Waals surface area contributed by atoms with Gasteiger partial charge >= 0.3 is 31.7 Å². The van der Waals surface area contributed by atoms with Gasteiger partial charge in [0, 0.05) is 25.8 Å². The van der Waals surface area contributed by atoms with Crippen LogP contribution in [0.4, 0.5) is 0 Å². The van der Waals surface area contributed by atoms with E-state index in [-0.39, 0.29) is 68.6 Å². The number of para-hydroxylation sites is 2. The van der Waals surface area contributed by atoms with Gasteiger partial charge in [-0.15, -0.1) is 0 Å². The zero-order valence-electron chi connectivity index (χ0n) is 79.7. The van der Waals surface area contributed by atoms with Crippen molar-refractivity contribution in [3.05, 3.63) is 60.7 Å². The second-order valence-electron chi connectivity index (χ2n) is 36.0. The molecule has 2 aromatic rings. The number of ether oxygens (including phenoxy) is 6. The minimum atomic E-state index is -4.98. The first-order chi connectivity index (χ1) is 60.7. The van der Waals surface area contributed by atoms with Gasteiger partial charge in [0.2, 0.25) is 11.8 Å². The van der Waals surface area contributed by atoms with Crippen molar-refractivity contribution in [2.24, 2.45) is 0 Å². The molecule has 3 N–H and O–H groups in total. The summed E-state index contributed by atoms with van der Waals surface area (Å²) in [6.07, 6.45) is 58.7. The van der Waals surface area contributed by atoms with E-state index in [4.69, 9.17) is 42.0 Å². The summed E-state index contributed by atoms with van der Waals surface area (Å²) in [6, 6.07) is 15.0. The largest absolute Gasteiger partial charge is 0.588 e. The van der Waals surface area contributed by atoms with E-state index in [0.717, 1.165) is 141 Å². The third-order valence-corrected chi connectivity index (χ3v) is 25.6. The van der Waals surface area contributed by atoms with Gasteiger partial charge in [0.1, 0.15) is 48.1 Å². The zero-order valence-corrected chi connectivity index (χ0v) is 80.6. The van der Waals surface area contributed by atoms with Gasteiger partial charge < -0.3 is 53.2 Å². The summed E-state index contributed by atoms with van der Waals surface area (Å²) in [7, 11) is -4.98. The number of aliphatic hydroxyl groups is 1. The first-order valence-corrected chi connectivity index (χ1v) is 53.1. The molecule has 0 spiro atoms. The zero-order chi connectivity index (χ0) is 89.5. The van der Waals surface area contributed by atoms with Crippen molar-refractivity contribution >= 4 is 43.5 Å². The number of unbranched alkanes of at least 4 members (excludes halogenated alkanes) is 54. The van der Waals surface area contributed by atoms with Crippen molar-refractivity contribution in [1.29, 1.82) is 0 Å². The van der Waals surface area contributed by atoms with Crippen molar-refractivity contribution < 1.29 is 80.4 Å². The number of hydrogen-bond donors (Lipinski definition) is 3. The molecule has 20 heteroatoms. The first kappa shape index (κ1) is 113. The van der Waals surface area contributed by atoms with Gasteiger partial charge in [-0.25, -0.2) is 4.57 Å². The monoisotopic (exact) mass is 1760 g/mol. The normalized spacial score (nSPS) is 16.0. The molecule has 1 fully saturated rings. The molecule has 1 aliphatic rings. The average molecular weight is 1760 g/mol. The molecular formula is C104H183N2O17P. The van der Waals surface area contributed by atoms with Crippen LogP contribution in [0.15, 0.2) is 60.7 Å². The molecule has 8 atom stereocenters. The number of phosphoric ester groups is 1. The summed E-state index contributed by atoms with van der Waals surface area (Å²) in [6.45, 7) is 12.2. The van der Waals surface area contributed by atoms with Crippen LogP contribution in [0.5, 0.6) is 11.5 Å². The van der Waals surface area contributed by atoms with Crippen LogP contribution in [0, 0.1) is 0 Å². The molecule has 2 amide bonds. The maximum atomic E-state index is 15.8. The Hall–Kier alpha value is -5.07. The quantitative estimate of drug-likeness (QED) is 0.0241. The highest BCUT2D eigenvalue weighted by Gasteiger charge is 2.54. The molecule has 1 saturated heterocycles. The number of nitrogens with one attached hydrogen (secondary N) is 2. The maximum absolute atomic E-state index is 15.8. The summed E-state index contributed by atoms with van der Waals surface area (Å²) in [5.41, 5.74) is 0. The van der Waals surface area contributed by atoms with Crippen LogP contribution in [0.2, 0.25) is 0 Å². The van der Waals surface area contributed by atoms with Crippen LogP contribution in [0.1, 0.15) is 485 Å². The van der Waals surface area contributed by atoms with Crippen LogP contribution in [-0.4, -0.2) is 110 Å².